The van der Waals surface area contributed by atoms with Gasteiger partial charge in [-0.1, -0.05) is 41.9 Å². The van der Waals surface area contributed by atoms with Crippen LogP contribution in [0.2, 0.25) is 5.02 Å². The maximum atomic E-state index is 13.9. The molecule has 2 aromatic carbocycles. The first-order valence-corrected chi connectivity index (χ1v) is 13.1. The van der Waals surface area contributed by atoms with Crippen molar-refractivity contribution in [3.63, 3.8) is 0 Å². The van der Waals surface area contributed by atoms with E-state index in [0.717, 1.165) is 5.56 Å². The Morgan fingerprint density at radius 2 is 1.95 bits per heavy atom. The monoisotopic (exact) mass is 563 g/mol. The van der Waals surface area contributed by atoms with E-state index < -0.39 is 29.7 Å². The number of fused-ring (bicyclic) bond motifs is 3. The minimum atomic E-state index is -1.05. The predicted molar refractivity (Wildman–Crippen MR) is 143 cm³/mol. The zero-order valence-corrected chi connectivity index (χ0v) is 22.0. The highest BCUT2D eigenvalue weighted by molar-refractivity contribution is 6.30. The maximum absolute atomic E-state index is 13.9. The van der Waals surface area contributed by atoms with Gasteiger partial charge in [0.05, 0.1) is 31.0 Å². The first kappa shape index (κ1) is 25.7. The molecule has 0 radical (unpaired) electrons. The number of primary amides is 1. The molecule has 1 unspecified atom stereocenters. The number of nitrogens with two attached hydrogens (primary N) is 1. The average molecular weight is 564 g/mol. The van der Waals surface area contributed by atoms with E-state index in [4.69, 9.17) is 22.1 Å². The van der Waals surface area contributed by atoms with E-state index in [9.17, 15) is 19.2 Å². The molecule has 0 bridgehead atoms. The molecule has 5 N–H and O–H groups in total. The molecule has 0 aliphatic carbocycles. The molecule has 13 heteroatoms. The van der Waals surface area contributed by atoms with Crippen LogP contribution in [-0.4, -0.2) is 63.1 Å². The molecular formula is C27H26ClN7O5. The highest BCUT2D eigenvalue weighted by atomic mass is 35.5. The van der Waals surface area contributed by atoms with Gasteiger partial charge in [0.25, 0.3) is 5.91 Å². The Balaban J connectivity index is 1.22. The maximum Gasteiger partial charge on any atom is 0.412 e. The van der Waals surface area contributed by atoms with E-state index in [1.807, 2.05) is 30.3 Å². The summed E-state index contributed by atoms with van der Waals surface area (Å²) in [6, 6.07) is 13.2. The van der Waals surface area contributed by atoms with Crippen LogP contribution in [0.15, 0.2) is 48.5 Å². The number of rotatable bonds is 5. The summed E-state index contributed by atoms with van der Waals surface area (Å²) in [5.41, 5.74) is 7.81. The fourth-order valence-corrected chi connectivity index (χ4v) is 5.81. The third-order valence-electron chi connectivity index (χ3n) is 7.59. The second kappa shape index (κ2) is 9.87. The van der Waals surface area contributed by atoms with Gasteiger partial charge in [-0.2, -0.15) is 5.10 Å². The number of likely N-dealkylation sites (tertiary alicyclic amines) is 1. The van der Waals surface area contributed by atoms with Gasteiger partial charge >= 0.3 is 12.1 Å². The molecule has 6 rings (SSSR count). The number of hydrogen-bond donors (Lipinski definition) is 4. The van der Waals surface area contributed by atoms with Crippen molar-refractivity contribution in [3.05, 3.63) is 81.6 Å². The Morgan fingerprint density at radius 3 is 2.73 bits per heavy atom. The first-order chi connectivity index (χ1) is 19.2. The fourth-order valence-electron chi connectivity index (χ4n) is 5.64. The molecular weight excluding hydrogens is 538 g/mol. The summed E-state index contributed by atoms with van der Waals surface area (Å²) < 4.78 is 5.77. The summed E-state index contributed by atoms with van der Waals surface area (Å²) in [5.74, 6) is -0.981. The number of amides is 5. The van der Waals surface area contributed by atoms with Gasteiger partial charge in [0.15, 0.2) is 11.3 Å². The van der Waals surface area contributed by atoms with Crippen LogP contribution in [-0.2, 0) is 34.6 Å². The van der Waals surface area contributed by atoms with Crippen molar-refractivity contribution in [1.82, 2.24) is 25.3 Å². The molecule has 40 heavy (non-hydrogen) atoms. The zero-order chi connectivity index (χ0) is 28.0. The van der Waals surface area contributed by atoms with Crippen molar-refractivity contribution >= 4 is 41.2 Å². The lowest BCUT2D eigenvalue weighted by molar-refractivity contribution is -0.133. The molecule has 3 aliphatic rings. The molecule has 2 atom stereocenters. The molecule has 3 aliphatic heterocycles. The number of H-pyrrole nitrogens is 1. The van der Waals surface area contributed by atoms with E-state index in [1.54, 1.807) is 23.1 Å². The highest BCUT2D eigenvalue weighted by Gasteiger charge is 2.49. The SMILES string of the molecule is NC(=O)c1n[nH]c2c1CN(C(=O)N[C@@H](Cc1ccccc1)C(=O)N1CCC3(C1)OC(=O)Nc1ccc(Cl)cc13)C2. The third-order valence-corrected chi connectivity index (χ3v) is 7.83. The molecule has 5 amide bonds. The normalized spacial score (nSPS) is 20.0. The van der Waals surface area contributed by atoms with Crippen molar-refractivity contribution in [3.8, 4) is 0 Å². The molecule has 0 saturated carbocycles. The average Bonchev–Trinajstić information content (AvgIpc) is 3.64. The van der Waals surface area contributed by atoms with Crippen molar-refractivity contribution < 1.29 is 23.9 Å². The van der Waals surface area contributed by atoms with Crippen LogP contribution in [0.4, 0.5) is 15.3 Å². The lowest BCUT2D eigenvalue weighted by atomic mass is 9.90. The lowest BCUT2D eigenvalue weighted by Crippen LogP contribution is -2.53. The summed E-state index contributed by atoms with van der Waals surface area (Å²) in [6.07, 6.45) is 0.0430. The number of carbonyl (C=O) groups excluding carboxylic acids is 4. The van der Waals surface area contributed by atoms with E-state index in [-0.39, 0.29) is 37.7 Å². The zero-order valence-electron chi connectivity index (χ0n) is 21.3. The van der Waals surface area contributed by atoms with E-state index in [0.29, 0.717) is 40.5 Å². The number of aromatic nitrogens is 2. The number of benzene rings is 2. The number of halogens is 1. The van der Waals surface area contributed by atoms with Crippen molar-refractivity contribution in [2.45, 2.75) is 37.6 Å². The van der Waals surface area contributed by atoms with Gasteiger partial charge in [0, 0.05) is 35.5 Å². The third kappa shape index (κ3) is 4.60. The highest BCUT2D eigenvalue weighted by Crippen LogP contribution is 2.44. The number of anilines is 1. The van der Waals surface area contributed by atoms with Crippen LogP contribution in [0, 0.1) is 0 Å². The van der Waals surface area contributed by atoms with Gasteiger partial charge in [0.1, 0.15) is 6.04 Å². The molecule has 3 aromatic rings. The number of aromatic amines is 1. The Morgan fingerprint density at radius 1 is 1.15 bits per heavy atom. The topological polar surface area (TPSA) is 163 Å². The van der Waals surface area contributed by atoms with Crippen molar-refractivity contribution in [2.75, 3.05) is 18.4 Å². The second-order valence-corrected chi connectivity index (χ2v) is 10.6. The number of nitrogens with zero attached hydrogens (tertiary/aromatic N) is 3. The van der Waals surface area contributed by atoms with Crippen LogP contribution in [0.5, 0.6) is 0 Å². The minimum Gasteiger partial charge on any atom is -0.436 e. The van der Waals surface area contributed by atoms with Crippen LogP contribution in [0.1, 0.15) is 39.3 Å². The van der Waals surface area contributed by atoms with Gasteiger partial charge in [-0.15, -0.1) is 0 Å². The molecule has 1 aromatic heterocycles. The molecule has 1 spiro atoms. The number of ether oxygens (including phenoxy) is 1. The molecule has 1 fully saturated rings. The molecule has 4 heterocycles. The lowest BCUT2D eigenvalue weighted by Gasteiger charge is -2.35. The summed E-state index contributed by atoms with van der Waals surface area (Å²) in [7, 11) is 0. The van der Waals surface area contributed by atoms with Crippen LogP contribution >= 0.6 is 11.6 Å². The van der Waals surface area contributed by atoms with E-state index in [1.165, 1.54) is 4.90 Å². The number of urea groups is 1. The number of carbonyl (C=O) groups is 4. The standard InChI is InChI=1S/C27H26ClN7O5/c28-16-6-7-19-18(11-16)27(40-26(39)31-19)8-9-34(14-27)24(37)20(10-15-4-2-1-3-5-15)30-25(38)35-12-17-21(13-35)32-33-22(17)23(29)36/h1-7,11,20H,8-10,12-14H2,(H2,29,36)(H,30,38)(H,31,39)(H,32,33)/t20-,27?/m0/s1. The molecule has 12 nitrogen and oxygen atoms in total. The van der Waals surface area contributed by atoms with E-state index >= 15 is 0 Å². The predicted octanol–water partition coefficient (Wildman–Crippen LogP) is 2.49. The minimum absolute atomic E-state index is 0.0986. The van der Waals surface area contributed by atoms with Gasteiger partial charge in [0.2, 0.25) is 5.91 Å². The van der Waals surface area contributed by atoms with Crippen LogP contribution < -0.4 is 16.4 Å². The number of nitrogens with one attached hydrogen (secondary N) is 3. The summed E-state index contributed by atoms with van der Waals surface area (Å²) in [5, 5.41) is 12.8. The van der Waals surface area contributed by atoms with Crippen molar-refractivity contribution in [2.24, 2.45) is 5.73 Å². The van der Waals surface area contributed by atoms with Crippen LogP contribution in [0.25, 0.3) is 0 Å². The van der Waals surface area contributed by atoms with Gasteiger partial charge in [-0.05, 0) is 23.8 Å². The summed E-state index contributed by atoms with van der Waals surface area (Å²) in [4.78, 5) is 54.5. The Bertz CT molecular complexity index is 1530. The van der Waals surface area contributed by atoms with Gasteiger partial charge in [-0.3, -0.25) is 20.0 Å². The van der Waals surface area contributed by atoms with Gasteiger partial charge in [-0.25, -0.2) is 9.59 Å². The largest absolute Gasteiger partial charge is 0.436 e. The van der Waals surface area contributed by atoms with Crippen molar-refractivity contribution in [1.29, 1.82) is 0 Å². The van der Waals surface area contributed by atoms with Gasteiger partial charge < -0.3 is 25.6 Å². The quantitative estimate of drug-likeness (QED) is 0.372. The summed E-state index contributed by atoms with van der Waals surface area (Å²) in [6.45, 7) is 0.771. The Labute approximate surface area is 233 Å². The molecule has 206 valence electrons. The molecule has 1 saturated heterocycles. The number of hydrogen-bond acceptors (Lipinski definition) is 6. The summed E-state index contributed by atoms with van der Waals surface area (Å²) >= 11 is 6.25. The smallest absolute Gasteiger partial charge is 0.412 e. The Kier molecular flexibility index (Phi) is 6.34. The first-order valence-electron chi connectivity index (χ1n) is 12.8. The Hall–Kier alpha value is -4.58. The van der Waals surface area contributed by atoms with Crippen LogP contribution in [0.3, 0.4) is 0 Å². The fraction of sp³-hybridized carbons (Fsp3) is 0.296. The van der Waals surface area contributed by atoms with E-state index in [2.05, 4.69) is 20.8 Å². The second-order valence-electron chi connectivity index (χ2n) is 10.1.